The van der Waals surface area contributed by atoms with E-state index in [-0.39, 0.29) is 22.9 Å². The Morgan fingerprint density at radius 3 is 2.71 bits per heavy atom. The van der Waals surface area contributed by atoms with Crippen molar-refractivity contribution in [3.63, 3.8) is 0 Å². The molecule has 3 nitrogen and oxygen atoms in total. The van der Waals surface area contributed by atoms with Crippen LogP contribution < -0.4 is 4.74 Å². The van der Waals surface area contributed by atoms with Crippen molar-refractivity contribution < 1.29 is 14.6 Å². The molecule has 3 heteroatoms. The molecule has 2 aliphatic rings. The van der Waals surface area contributed by atoms with Gasteiger partial charge in [-0.3, -0.25) is 4.79 Å². The van der Waals surface area contributed by atoms with Crippen LogP contribution in [0.4, 0.5) is 0 Å². The number of ketones is 1. The van der Waals surface area contributed by atoms with Crippen molar-refractivity contribution in [3.8, 4) is 5.75 Å². The molecule has 1 aromatic rings. The lowest BCUT2D eigenvalue weighted by atomic mass is 9.58. The summed E-state index contributed by atoms with van der Waals surface area (Å²) < 4.78 is 6.40. The van der Waals surface area contributed by atoms with Crippen LogP contribution in [0.3, 0.4) is 0 Å². The Labute approximate surface area is 126 Å². The number of carbonyl (C=O) groups excluding carboxylic acids is 1. The Bertz CT molecular complexity index is 590. The topological polar surface area (TPSA) is 46.5 Å². The van der Waals surface area contributed by atoms with Gasteiger partial charge in [-0.05, 0) is 49.4 Å². The van der Waals surface area contributed by atoms with E-state index >= 15 is 0 Å². The third kappa shape index (κ3) is 1.94. The molecule has 3 atom stereocenters. The third-order valence-corrected chi connectivity index (χ3v) is 5.81. The predicted molar refractivity (Wildman–Crippen MR) is 81.7 cm³/mol. The van der Waals surface area contributed by atoms with Crippen molar-refractivity contribution in [2.75, 3.05) is 0 Å². The zero-order valence-electron chi connectivity index (χ0n) is 13.3. The van der Waals surface area contributed by atoms with Gasteiger partial charge in [0.15, 0.2) is 5.78 Å². The fourth-order valence-corrected chi connectivity index (χ4v) is 4.10. The second-order valence-electron chi connectivity index (χ2n) is 7.26. The maximum Gasteiger partial charge on any atom is 0.159 e. The highest BCUT2D eigenvalue weighted by atomic mass is 16.5. The molecule has 1 aliphatic carbocycles. The summed E-state index contributed by atoms with van der Waals surface area (Å²) in [6.07, 6.45) is 2.22. The average Bonchev–Trinajstić information content (AvgIpc) is 2.82. The molecule has 21 heavy (non-hydrogen) atoms. The van der Waals surface area contributed by atoms with Crippen LogP contribution >= 0.6 is 0 Å². The molecular weight excluding hydrogens is 264 g/mol. The average molecular weight is 288 g/mol. The SMILES string of the molecule is CC(=O)c1ccc2c(c1)CC1(O2)C(C)CCC(O)C1(C)C. The summed E-state index contributed by atoms with van der Waals surface area (Å²) in [5.41, 5.74) is 1.15. The molecule has 1 N–H and O–H groups in total. The summed E-state index contributed by atoms with van der Waals surface area (Å²) in [5, 5.41) is 10.5. The van der Waals surface area contributed by atoms with Gasteiger partial charge in [0.1, 0.15) is 11.4 Å². The summed E-state index contributed by atoms with van der Waals surface area (Å²) in [5.74, 6) is 1.33. The van der Waals surface area contributed by atoms with Crippen LogP contribution in [0.5, 0.6) is 5.75 Å². The maximum atomic E-state index is 11.6. The number of rotatable bonds is 1. The van der Waals surface area contributed by atoms with Crippen LogP contribution in [0.25, 0.3) is 0 Å². The van der Waals surface area contributed by atoms with Gasteiger partial charge >= 0.3 is 0 Å². The molecule has 0 bridgehead atoms. The Kier molecular flexibility index (Phi) is 3.17. The Morgan fingerprint density at radius 2 is 2.05 bits per heavy atom. The molecule has 1 aliphatic heterocycles. The number of carbonyl (C=O) groups is 1. The van der Waals surface area contributed by atoms with Crippen LogP contribution in [0, 0.1) is 11.3 Å². The minimum atomic E-state index is -0.373. The molecule has 114 valence electrons. The van der Waals surface area contributed by atoms with E-state index in [1.807, 2.05) is 18.2 Å². The third-order valence-electron chi connectivity index (χ3n) is 5.81. The summed E-state index contributed by atoms with van der Waals surface area (Å²) in [6, 6.07) is 5.69. The molecule has 0 saturated heterocycles. The molecule has 1 heterocycles. The fourth-order valence-electron chi connectivity index (χ4n) is 4.10. The van der Waals surface area contributed by atoms with Crippen molar-refractivity contribution in [1.29, 1.82) is 0 Å². The smallest absolute Gasteiger partial charge is 0.159 e. The monoisotopic (exact) mass is 288 g/mol. The number of benzene rings is 1. The van der Waals surface area contributed by atoms with E-state index in [9.17, 15) is 9.90 Å². The van der Waals surface area contributed by atoms with Crippen LogP contribution in [0.15, 0.2) is 18.2 Å². The van der Waals surface area contributed by atoms with E-state index in [1.54, 1.807) is 6.92 Å². The normalized spacial score (nSPS) is 33.6. The van der Waals surface area contributed by atoms with Gasteiger partial charge < -0.3 is 9.84 Å². The van der Waals surface area contributed by atoms with Gasteiger partial charge in [-0.2, -0.15) is 0 Å². The van der Waals surface area contributed by atoms with Crippen molar-refractivity contribution in [1.82, 2.24) is 0 Å². The van der Waals surface area contributed by atoms with Gasteiger partial charge in [-0.25, -0.2) is 0 Å². The first-order valence-electron chi connectivity index (χ1n) is 7.79. The van der Waals surface area contributed by atoms with Crippen molar-refractivity contribution in [2.24, 2.45) is 11.3 Å². The molecule has 1 fully saturated rings. The molecule has 0 aromatic heterocycles. The van der Waals surface area contributed by atoms with Crippen LogP contribution in [0.2, 0.25) is 0 Å². The van der Waals surface area contributed by atoms with E-state index in [1.165, 1.54) is 0 Å². The number of ether oxygens (including phenoxy) is 1. The van der Waals surface area contributed by atoms with Gasteiger partial charge in [-0.15, -0.1) is 0 Å². The quantitative estimate of drug-likeness (QED) is 0.806. The molecule has 0 radical (unpaired) electrons. The minimum Gasteiger partial charge on any atom is -0.486 e. The number of hydrogen-bond acceptors (Lipinski definition) is 3. The number of fused-ring (bicyclic) bond motifs is 1. The maximum absolute atomic E-state index is 11.6. The molecular formula is C18H24O3. The Hall–Kier alpha value is -1.35. The Balaban J connectivity index is 2.03. The van der Waals surface area contributed by atoms with E-state index in [0.29, 0.717) is 5.92 Å². The summed E-state index contributed by atoms with van der Waals surface area (Å²) >= 11 is 0. The van der Waals surface area contributed by atoms with Gasteiger partial charge in [0.2, 0.25) is 0 Å². The number of Topliss-reactive ketones (excluding diaryl/α,β-unsaturated/α-hetero) is 1. The highest BCUT2D eigenvalue weighted by Gasteiger charge is 2.59. The number of aliphatic hydroxyl groups is 1. The molecule has 3 unspecified atom stereocenters. The number of aliphatic hydroxyl groups excluding tert-OH is 1. The standard InChI is InChI=1S/C18H24O3/c1-11-5-8-16(20)17(3,4)18(11)10-14-9-13(12(2)19)6-7-15(14)21-18/h6-7,9,11,16,20H,5,8,10H2,1-4H3. The van der Waals surface area contributed by atoms with Crippen molar-refractivity contribution >= 4 is 5.78 Å². The van der Waals surface area contributed by atoms with Crippen molar-refractivity contribution in [2.45, 2.75) is 58.7 Å². The molecule has 1 aromatic carbocycles. The second kappa shape index (κ2) is 4.57. The zero-order valence-corrected chi connectivity index (χ0v) is 13.3. The predicted octanol–water partition coefficient (Wildman–Crippen LogP) is 3.38. The first kappa shape index (κ1) is 14.6. The van der Waals surface area contributed by atoms with Gasteiger partial charge in [0.05, 0.1) is 6.10 Å². The highest BCUT2D eigenvalue weighted by molar-refractivity contribution is 5.94. The van der Waals surface area contributed by atoms with Gasteiger partial charge in [0.25, 0.3) is 0 Å². The lowest BCUT2D eigenvalue weighted by Crippen LogP contribution is -2.61. The zero-order chi connectivity index (χ0) is 15.4. The van der Waals surface area contributed by atoms with E-state index in [2.05, 4.69) is 20.8 Å². The van der Waals surface area contributed by atoms with Gasteiger partial charge in [0, 0.05) is 17.4 Å². The lowest BCUT2D eigenvalue weighted by Gasteiger charge is -2.53. The van der Waals surface area contributed by atoms with Crippen LogP contribution in [-0.2, 0) is 6.42 Å². The number of hydrogen-bond donors (Lipinski definition) is 1. The Morgan fingerprint density at radius 1 is 1.33 bits per heavy atom. The molecule has 0 amide bonds. The first-order valence-corrected chi connectivity index (χ1v) is 7.79. The molecule has 3 rings (SSSR count). The lowest BCUT2D eigenvalue weighted by molar-refractivity contribution is -0.156. The summed E-state index contributed by atoms with van der Waals surface area (Å²) in [4.78, 5) is 11.6. The van der Waals surface area contributed by atoms with Crippen LogP contribution in [0.1, 0.15) is 56.5 Å². The summed E-state index contributed by atoms with van der Waals surface area (Å²) in [6.45, 7) is 8.01. The van der Waals surface area contributed by atoms with E-state index < -0.39 is 0 Å². The van der Waals surface area contributed by atoms with Gasteiger partial charge in [-0.1, -0.05) is 20.8 Å². The minimum absolute atomic E-state index is 0.0785. The molecule has 1 spiro atoms. The van der Waals surface area contributed by atoms with E-state index in [4.69, 9.17) is 4.74 Å². The van der Waals surface area contributed by atoms with Crippen molar-refractivity contribution in [3.05, 3.63) is 29.3 Å². The largest absolute Gasteiger partial charge is 0.486 e. The fraction of sp³-hybridized carbons (Fsp3) is 0.611. The van der Waals surface area contributed by atoms with Crippen LogP contribution in [-0.4, -0.2) is 22.6 Å². The molecule has 1 saturated carbocycles. The highest BCUT2D eigenvalue weighted by Crippen LogP contribution is 2.55. The summed E-state index contributed by atoms with van der Waals surface area (Å²) in [7, 11) is 0. The first-order chi connectivity index (χ1) is 9.78. The van der Waals surface area contributed by atoms with E-state index in [0.717, 1.165) is 36.1 Å². The second-order valence-corrected chi connectivity index (χ2v) is 7.26.